The number of anilines is 2. The van der Waals surface area contributed by atoms with Crippen molar-refractivity contribution in [1.82, 2.24) is 0 Å². The minimum absolute atomic E-state index is 0.464. The third-order valence-electron chi connectivity index (χ3n) is 2.53. The summed E-state index contributed by atoms with van der Waals surface area (Å²) in [5.74, 6) is -1.39. The Morgan fingerprint density at radius 3 is 2.53 bits per heavy atom. The Morgan fingerprint density at radius 1 is 1.32 bits per heavy atom. The van der Waals surface area contributed by atoms with Gasteiger partial charge in [-0.15, -0.1) is 0 Å². The number of ether oxygens (including phenoxy) is 1. The zero-order chi connectivity index (χ0) is 14.2. The molecular weight excluding hydrogens is 248 g/mol. The van der Waals surface area contributed by atoms with E-state index in [1.165, 1.54) is 0 Å². The lowest BCUT2D eigenvalue weighted by atomic mass is 10.2. The number of fused-ring (bicyclic) bond motifs is 1. The molecule has 19 heavy (non-hydrogen) atoms. The highest BCUT2D eigenvalue weighted by molar-refractivity contribution is 6.02. The third-order valence-corrected chi connectivity index (χ3v) is 2.53. The lowest BCUT2D eigenvalue weighted by Crippen LogP contribution is -2.53. The molecular formula is C13H15N2O4-. The molecule has 1 atom stereocenters. The molecule has 1 aromatic carbocycles. The summed E-state index contributed by atoms with van der Waals surface area (Å²) < 4.78 is 5.21. The van der Waals surface area contributed by atoms with E-state index in [2.05, 4.69) is 5.32 Å². The second-order valence-corrected chi connectivity index (χ2v) is 5.23. The zero-order valence-corrected chi connectivity index (χ0v) is 11.0. The van der Waals surface area contributed by atoms with Crippen LogP contribution in [0.5, 0.6) is 0 Å². The van der Waals surface area contributed by atoms with Crippen molar-refractivity contribution in [2.45, 2.75) is 32.5 Å². The van der Waals surface area contributed by atoms with Crippen LogP contribution in [0.1, 0.15) is 20.8 Å². The van der Waals surface area contributed by atoms with E-state index in [0.29, 0.717) is 11.4 Å². The average Bonchev–Trinajstić information content (AvgIpc) is 2.65. The second-order valence-electron chi connectivity index (χ2n) is 5.23. The molecule has 2 rings (SSSR count). The second kappa shape index (κ2) is 4.46. The molecule has 1 unspecified atom stereocenters. The van der Waals surface area contributed by atoms with Crippen molar-refractivity contribution in [3.8, 4) is 0 Å². The van der Waals surface area contributed by atoms with Crippen LogP contribution in [0, 0.1) is 0 Å². The summed E-state index contributed by atoms with van der Waals surface area (Å²) in [7, 11) is 0. The van der Waals surface area contributed by atoms with Crippen LogP contribution in [0.25, 0.3) is 0 Å². The fourth-order valence-corrected chi connectivity index (χ4v) is 1.84. The monoisotopic (exact) mass is 263 g/mol. The third kappa shape index (κ3) is 2.62. The molecule has 0 saturated heterocycles. The Hall–Kier alpha value is -2.24. The van der Waals surface area contributed by atoms with Gasteiger partial charge >= 0.3 is 6.09 Å². The van der Waals surface area contributed by atoms with E-state index in [1.54, 1.807) is 45.0 Å². The molecule has 0 fully saturated rings. The highest BCUT2D eigenvalue weighted by Crippen LogP contribution is 2.35. The molecule has 0 bridgehead atoms. The molecule has 1 N–H and O–H groups in total. The smallest absolute Gasteiger partial charge is 0.416 e. The first kappa shape index (κ1) is 13.2. The molecule has 102 valence electrons. The van der Waals surface area contributed by atoms with Gasteiger partial charge in [0, 0.05) is 0 Å². The Morgan fingerprint density at radius 2 is 1.95 bits per heavy atom. The predicted octanol–water partition coefficient (Wildman–Crippen LogP) is 0.930. The van der Waals surface area contributed by atoms with E-state index >= 15 is 0 Å². The van der Waals surface area contributed by atoms with Crippen LogP contribution in [-0.4, -0.2) is 23.8 Å². The number of hydrogen-bond donors (Lipinski definition) is 1. The quantitative estimate of drug-likeness (QED) is 0.815. The standard InChI is InChI=1S/C13H16N2O4/c1-13(2,3)19-12(18)15-9-7-5-4-6-8(9)14-10(15)11(16)17/h4-7,10,14H,1-3H3,(H,16,17)/p-1. The lowest BCUT2D eigenvalue weighted by molar-refractivity contribution is -0.306. The van der Waals surface area contributed by atoms with Gasteiger partial charge in [-0.25, -0.2) is 9.69 Å². The number of rotatable bonds is 1. The molecule has 6 nitrogen and oxygen atoms in total. The maximum atomic E-state index is 12.1. The minimum Gasteiger partial charge on any atom is -0.546 e. The fraction of sp³-hybridized carbons (Fsp3) is 0.385. The summed E-state index contributed by atoms with van der Waals surface area (Å²) in [4.78, 5) is 24.3. The Kier molecular flexibility index (Phi) is 3.09. The first-order chi connectivity index (χ1) is 8.79. The summed E-state index contributed by atoms with van der Waals surface area (Å²) in [6.45, 7) is 5.15. The van der Waals surface area contributed by atoms with Gasteiger partial charge < -0.3 is 20.0 Å². The first-order valence-corrected chi connectivity index (χ1v) is 5.88. The Balaban J connectivity index is 2.34. The average molecular weight is 263 g/mol. The van der Waals surface area contributed by atoms with Crippen LogP contribution in [-0.2, 0) is 9.53 Å². The van der Waals surface area contributed by atoms with Crippen LogP contribution in [0.15, 0.2) is 24.3 Å². The van der Waals surface area contributed by atoms with Gasteiger partial charge in [-0.1, -0.05) is 12.1 Å². The molecule has 1 aliphatic heterocycles. The molecule has 1 amide bonds. The summed E-state index contributed by atoms with van der Waals surface area (Å²) in [5.41, 5.74) is 0.318. The highest BCUT2D eigenvalue weighted by atomic mass is 16.6. The van der Waals surface area contributed by atoms with E-state index in [9.17, 15) is 14.7 Å². The summed E-state index contributed by atoms with van der Waals surface area (Å²) in [6, 6.07) is 6.80. The molecule has 0 radical (unpaired) electrons. The molecule has 0 spiro atoms. The van der Waals surface area contributed by atoms with Gasteiger partial charge in [0.1, 0.15) is 5.60 Å². The van der Waals surface area contributed by atoms with E-state index in [1.807, 2.05) is 0 Å². The van der Waals surface area contributed by atoms with Crippen molar-refractivity contribution in [1.29, 1.82) is 0 Å². The summed E-state index contributed by atoms with van der Waals surface area (Å²) in [6.07, 6.45) is -1.98. The normalized spacial score (nSPS) is 17.6. The van der Waals surface area contributed by atoms with Crippen molar-refractivity contribution in [3.05, 3.63) is 24.3 Å². The number of nitrogens with zero attached hydrogens (tertiary/aromatic N) is 1. The van der Waals surface area contributed by atoms with Gasteiger partial charge in [-0.05, 0) is 32.9 Å². The van der Waals surface area contributed by atoms with Gasteiger partial charge in [0.05, 0.1) is 17.3 Å². The number of carbonyl (C=O) groups excluding carboxylic acids is 2. The zero-order valence-electron chi connectivity index (χ0n) is 11.0. The van der Waals surface area contributed by atoms with Gasteiger partial charge in [0.15, 0.2) is 6.17 Å². The Bertz CT molecular complexity index is 522. The van der Waals surface area contributed by atoms with Crippen molar-refractivity contribution >= 4 is 23.4 Å². The van der Waals surface area contributed by atoms with Crippen molar-refractivity contribution < 1.29 is 19.4 Å². The molecule has 1 aliphatic rings. The van der Waals surface area contributed by atoms with Gasteiger partial charge in [0.2, 0.25) is 0 Å². The molecule has 1 aromatic rings. The van der Waals surface area contributed by atoms with Crippen molar-refractivity contribution in [2.75, 3.05) is 10.2 Å². The number of benzene rings is 1. The number of carbonyl (C=O) groups is 2. The maximum absolute atomic E-state index is 12.1. The van der Waals surface area contributed by atoms with Crippen LogP contribution in [0.2, 0.25) is 0 Å². The number of hydrogen-bond acceptors (Lipinski definition) is 5. The summed E-state index contributed by atoms with van der Waals surface area (Å²) in [5, 5.41) is 13.8. The van der Waals surface area contributed by atoms with Gasteiger partial charge in [-0.3, -0.25) is 0 Å². The maximum Gasteiger partial charge on any atom is 0.416 e. The lowest BCUT2D eigenvalue weighted by Gasteiger charge is -2.28. The predicted molar refractivity (Wildman–Crippen MR) is 67.6 cm³/mol. The molecule has 0 aromatic heterocycles. The van der Waals surface area contributed by atoms with Crippen molar-refractivity contribution in [2.24, 2.45) is 0 Å². The van der Waals surface area contributed by atoms with E-state index in [0.717, 1.165) is 4.90 Å². The van der Waals surface area contributed by atoms with E-state index in [4.69, 9.17) is 4.74 Å². The van der Waals surface area contributed by atoms with E-state index < -0.39 is 23.8 Å². The SMILES string of the molecule is CC(C)(C)OC(=O)N1c2ccccc2NC1C(=O)[O-]. The van der Waals surface area contributed by atoms with Crippen LogP contribution >= 0.6 is 0 Å². The molecule has 6 heteroatoms. The van der Waals surface area contributed by atoms with Gasteiger partial charge in [-0.2, -0.15) is 0 Å². The number of nitrogens with one attached hydrogen (secondary N) is 1. The topological polar surface area (TPSA) is 81.7 Å². The Labute approximate surface area is 111 Å². The number of aliphatic carboxylic acids is 1. The largest absolute Gasteiger partial charge is 0.546 e. The van der Waals surface area contributed by atoms with Gasteiger partial charge in [0.25, 0.3) is 0 Å². The number of para-hydroxylation sites is 2. The summed E-state index contributed by atoms with van der Waals surface area (Å²) >= 11 is 0. The molecule has 0 saturated carbocycles. The molecule has 0 aliphatic carbocycles. The number of amides is 1. The fourth-order valence-electron chi connectivity index (χ4n) is 1.84. The highest BCUT2D eigenvalue weighted by Gasteiger charge is 2.36. The van der Waals surface area contributed by atoms with Crippen LogP contribution in [0.3, 0.4) is 0 Å². The van der Waals surface area contributed by atoms with Crippen molar-refractivity contribution in [3.63, 3.8) is 0 Å². The molecule has 1 heterocycles. The van der Waals surface area contributed by atoms with Crippen LogP contribution in [0.4, 0.5) is 16.2 Å². The first-order valence-electron chi connectivity index (χ1n) is 5.88. The van der Waals surface area contributed by atoms with Crippen LogP contribution < -0.4 is 15.3 Å². The number of carboxylic acids is 1. The minimum atomic E-state index is -1.39. The number of carboxylic acid groups (broad SMARTS) is 1. The van der Waals surface area contributed by atoms with E-state index in [-0.39, 0.29) is 0 Å².